The molecule has 5 nitrogen and oxygen atoms in total. The SMILES string of the molecule is COCCn1cc(O)c(=O)cc1CN(C)C. The molecule has 1 rings (SSSR count). The minimum absolute atomic E-state index is 0.224. The molecule has 90 valence electrons. The molecule has 0 aliphatic heterocycles. The summed E-state index contributed by atoms with van der Waals surface area (Å²) in [5.74, 6) is -0.224. The molecule has 1 aromatic heterocycles. The van der Waals surface area contributed by atoms with Crippen LogP contribution in [0.1, 0.15) is 5.69 Å². The van der Waals surface area contributed by atoms with Crippen molar-refractivity contribution in [2.24, 2.45) is 0 Å². The Labute approximate surface area is 94.9 Å². The van der Waals surface area contributed by atoms with Gasteiger partial charge in [0.2, 0.25) is 5.43 Å². The second kappa shape index (κ2) is 5.67. The Hall–Kier alpha value is -1.33. The van der Waals surface area contributed by atoms with E-state index in [1.165, 1.54) is 12.3 Å². The van der Waals surface area contributed by atoms with Crippen molar-refractivity contribution in [1.29, 1.82) is 0 Å². The Morgan fingerprint density at radius 2 is 2.19 bits per heavy atom. The third-order valence-electron chi connectivity index (χ3n) is 2.21. The van der Waals surface area contributed by atoms with Crippen LogP contribution in [0.15, 0.2) is 17.1 Å². The Morgan fingerprint density at radius 3 is 2.75 bits per heavy atom. The van der Waals surface area contributed by atoms with Crippen LogP contribution in [-0.2, 0) is 17.8 Å². The number of hydrogen-bond donors (Lipinski definition) is 1. The molecule has 0 aliphatic rings. The van der Waals surface area contributed by atoms with E-state index in [2.05, 4.69) is 0 Å². The lowest BCUT2D eigenvalue weighted by Crippen LogP contribution is -2.20. The molecular formula is C11H18N2O3. The molecule has 1 heterocycles. The van der Waals surface area contributed by atoms with Crippen LogP contribution in [0.2, 0.25) is 0 Å². The Kier molecular flexibility index (Phi) is 4.52. The zero-order chi connectivity index (χ0) is 12.1. The van der Waals surface area contributed by atoms with Crippen LogP contribution >= 0.6 is 0 Å². The van der Waals surface area contributed by atoms with E-state index in [-0.39, 0.29) is 11.2 Å². The summed E-state index contributed by atoms with van der Waals surface area (Å²) < 4.78 is 6.82. The van der Waals surface area contributed by atoms with Gasteiger partial charge in [0.25, 0.3) is 0 Å². The van der Waals surface area contributed by atoms with E-state index in [9.17, 15) is 9.90 Å². The third-order valence-corrected chi connectivity index (χ3v) is 2.21. The van der Waals surface area contributed by atoms with E-state index < -0.39 is 0 Å². The quantitative estimate of drug-likeness (QED) is 0.782. The molecule has 0 saturated heterocycles. The van der Waals surface area contributed by atoms with Crippen LogP contribution in [-0.4, -0.2) is 42.4 Å². The number of aromatic hydroxyl groups is 1. The van der Waals surface area contributed by atoms with Gasteiger partial charge in [-0.25, -0.2) is 0 Å². The predicted molar refractivity (Wildman–Crippen MR) is 61.6 cm³/mol. The van der Waals surface area contributed by atoms with Gasteiger partial charge in [0.15, 0.2) is 5.75 Å². The fraction of sp³-hybridized carbons (Fsp3) is 0.545. The molecule has 0 aromatic carbocycles. The number of aromatic nitrogens is 1. The first kappa shape index (κ1) is 12.7. The van der Waals surface area contributed by atoms with Crippen molar-refractivity contribution in [2.45, 2.75) is 13.1 Å². The maximum atomic E-state index is 11.3. The normalized spacial score (nSPS) is 11.0. The summed E-state index contributed by atoms with van der Waals surface area (Å²) >= 11 is 0. The lowest BCUT2D eigenvalue weighted by molar-refractivity contribution is 0.185. The molecule has 0 atom stereocenters. The van der Waals surface area contributed by atoms with E-state index in [1.807, 2.05) is 23.6 Å². The number of pyridine rings is 1. The number of nitrogens with zero attached hydrogens (tertiary/aromatic N) is 2. The van der Waals surface area contributed by atoms with Crippen LogP contribution in [0.25, 0.3) is 0 Å². The highest BCUT2D eigenvalue weighted by molar-refractivity contribution is 5.20. The monoisotopic (exact) mass is 226 g/mol. The summed E-state index contributed by atoms with van der Waals surface area (Å²) in [6.45, 7) is 1.81. The molecule has 1 aromatic rings. The lowest BCUT2D eigenvalue weighted by atomic mass is 10.3. The second-order valence-corrected chi connectivity index (χ2v) is 3.94. The third kappa shape index (κ3) is 3.36. The first-order valence-corrected chi connectivity index (χ1v) is 5.10. The molecule has 0 unspecified atom stereocenters. The zero-order valence-electron chi connectivity index (χ0n) is 9.93. The average Bonchev–Trinajstić information content (AvgIpc) is 2.20. The highest BCUT2D eigenvalue weighted by Gasteiger charge is 2.06. The number of ether oxygens (including phenoxy) is 1. The van der Waals surface area contributed by atoms with Crippen molar-refractivity contribution in [2.75, 3.05) is 27.8 Å². The fourth-order valence-corrected chi connectivity index (χ4v) is 1.46. The van der Waals surface area contributed by atoms with Crippen molar-refractivity contribution in [3.63, 3.8) is 0 Å². The van der Waals surface area contributed by atoms with Gasteiger partial charge in [-0.05, 0) is 14.1 Å². The highest BCUT2D eigenvalue weighted by Crippen LogP contribution is 2.06. The molecule has 0 radical (unpaired) electrons. The number of hydrogen-bond acceptors (Lipinski definition) is 4. The molecule has 0 saturated carbocycles. The van der Waals surface area contributed by atoms with Crippen molar-refractivity contribution in [3.05, 3.63) is 28.2 Å². The highest BCUT2D eigenvalue weighted by atomic mass is 16.5. The van der Waals surface area contributed by atoms with Crippen LogP contribution in [0.3, 0.4) is 0 Å². The van der Waals surface area contributed by atoms with Gasteiger partial charge >= 0.3 is 0 Å². The minimum Gasteiger partial charge on any atom is -0.503 e. The molecule has 0 bridgehead atoms. The van der Waals surface area contributed by atoms with Crippen molar-refractivity contribution in [3.8, 4) is 5.75 Å². The van der Waals surface area contributed by atoms with Crippen LogP contribution in [0, 0.1) is 0 Å². The average molecular weight is 226 g/mol. The van der Waals surface area contributed by atoms with Gasteiger partial charge < -0.3 is 19.3 Å². The molecule has 0 aliphatic carbocycles. The maximum absolute atomic E-state index is 11.3. The summed E-state index contributed by atoms with van der Waals surface area (Å²) in [6.07, 6.45) is 1.46. The smallest absolute Gasteiger partial charge is 0.223 e. The minimum atomic E-state index is -0.342. The van der Waals surface area contributed by atoms with E-state index in [1.54, 1.807) is 7.11 Å². The summed E-state index contributed by atoms with van der Waals surface area (Å²) in [5.41, 5.74) is 0.523. The van der Waals surface area contributed by atoms with Gasteiger partial charge in [0.05, 0.1) is 12.8 Å². The van der Waals surface area contributed by atoms with E-state index in [0.29, 0.717) is 19.7 Å². The van der Waals surface area contributed by atoms with Crippen molar-refractivity contribution >= 4 is 0 Å². The van der Waals surface area contributed by atoms with Gasteiger partial charge in [-0.15, -0.1) is 0 Å². The fourth-order valence-electron chi connectivity index (χ4n) is 1.46. The lowest BCUT2D eigenvalue weighted by Gasteiger charge is -2.16. The molecule has 5 heteroatoms. The zero-order valence-corrected chi connectivity index (χ0v) is 9.93. The van der Waals surface area contributed by atoms with Gasteiger partial charge in [-0.3, -0.25) is 4.79 Å². The Morgan fingerprint density at radius 1 is 1.50 bits per heavy atom. The van der Waals surface area contributed by atoms with Crippen LogP contribution < -0.4 is 5.43 Å². The van der Waals surface area contributed by atoms with E-state index in [4.69, 9.17) is 4.74 Å². The van der Waals surface area contributed by atoms with Gasteiger partial charge in [-0.2, -0.15) is 0 Å². The second-order valence-electron chi connectivity index (χ2n) is 3.94. The topological polar surface area (TPSA) is 54.7 Å². The van der Waals surface area contributed by atoms with Crippen molar-refractivity contribution in [1.82, 2.24) is 9.47 Å². The Balaban J connectivity index is 3.01. The summed E-state index contributed by atoms with van der Waals surface area (Å²) in [4.78, 5) is 13.3. The summed E-state index contributed by atoms with van der Waals surface area (Å²) in [5, 5.41) is 9.37. The molecule has 0 amide bonds. The maximum Gasteiger partial charge on any atom is 0.223 e. The number of methoxy groups -OCH3 is 1. The first-order chi connectivity index (χ1) is 7.54. The summed E-state index contributed by atoms with van der Waals surface area (Å²) in [6, 6.07) is 1.46. The molecule has 0 fully saturated rings. The molecular weight excluding hydrogens is 208 g/mol. The summed E-state index contributed by atoms with van der Waals surface area (Å²) in [7, 11) is 5.48. The molecule has 16 heavy (non-hydrogen) atoms. The van der Waals surface area contributed by atoms with Crippen LogP contribution in [0.4, 0.5) is 0 Å². The van der Waals surface area contributed by atoms with Gasteiger partial charge in [0, 0.05) is 32.0 Å². The largest absolute Gasteiger partial charge is 0.503 e. The van der Waals surface area contributed by atoms with E-state index >= 15 is 0 Å². The number of rotatable bonds is 5. The van der Waals surface area contributed by atoms with Crippen molar-refractivity contribution < 1.29 is 9.84 Å². The predicted octanol–water partition coefficient (Wildman–Crippen LogP) is 0.262. The first-order valence-electron chi connectivity index (χ1n) is 5.10. The molecule has 0 spiro atoms. The standard InChI is InChI=1S/C11H18N2O3/c1-12(2)7-9-6-10(14)11(15)8-13(9)4-5-16-3/h6,8,15H,4-5,7H2,1-3H3. The van der Waals surface area contributed by atoms with Gasteiger partial charge in [-0.1, -0.05) is 0 Å². The molecule has 1 N–H and O–H groups in total. The Bertz CT molecular complexity index is 399. The van der Waals surface area contributed by atoms with Crippen LogP contribution in [0.5, 0.6) is 5.75 Å². The van der Waals surface area contributed by atoms with Gasteiger partial charge in [0.1, 0.15) is 0 Å². The van der Waals surface area contributed by atoms with E-state index in [0.717, 1.165) is 5.69 Å².